The van der Waals surface area contributed by atoms with Crippen molar-refractivity contribution >= 4 is 10.1 Å². The largest absolute Gasteiger partial charge is 0.393 e. The molecule has 0 aliphatic carbocycles. The summed E-state index contributed by atoms with van der Waals surface area (Å²) in [5.74, 6) is 0. The van der Waals surface area contributed by atoms with Crippen LogP contribution in [0.4, 0.5) is 0 Å². The van der Waals surface area contributed by atoms with E-state index in [0.717, 1.165) is 51.4 Å². The summed E-state index contributed by atoms with van der Waals surface area (Å²) in [5, 5.41) is 9.30. The normalized spacial score (nSPS) is 14.5. The molecule has 5 heteroatoms. The fourth-order valence-electron chi connectivity index (χ4n) is 3.53. The van der Waals surface area contributed by atoms with E-state index in [1.165, 1.54) is 44.9 Å². The first-order valence-electron chi connectivity index (χ1n) is 11.1. The quantitative estimate of drug-likeness (QED) is 0.200. The first kappa shape index (κ1) is 25.9. The molecule has 26 heavy (non-hydrogen) atoms. The molecule has 0 rings (SSSR count). The predicted molar refractivity (Wildman–Crippen MR) is 111 cm³/mol. The summed E-state index contributed by atoms with van der Waals surface area (Å²) >= 11 is 0. The van der Waals surface area contributed by atoms with Crippen molar-refractivity contribution in [2.24, 2.45) is 0 Å². The third kappa shape index (κ3) is 16.1. The van der Waals surface area contributed by atoms with Gasteiger partial charge in [-0.05, 0) is 25.7 Å². The van der Waals surface area contributed by atoms with Crippen LogP contribution in [0.2, 0.25) is 0 Å². The van der Waals surface area contributed by atoms with Crippen molar-refractivity contribution < 1.29 is 18.1 Å². The van der Waals surface area contributed by atoms with Crippen molar-refractivity contribution in [1.29, 1.82) is 0 Å². The molecular weight excluding hydrogens is 348 g/mol. The minimum absolute atomic E-state index is 0.0965. The molecule has 0 bridgehead atoms. The smallest absolute Gasteiger partial charge is 0.267 e. The van der Waals surface area contributed by atoms with E-state index in [9.17, 15) is 18.1 Å². The van der Waals surface area contributed by atoms with Gasteiger partial charge in [-0.2, -0.15) is 8.42 Å². The van der Waals surface area contributed by atoms with E-state index in [1.54, 1.807) is 0 Å². The molecule has 0 aromatic rings. The molecule has 0 fully saturated rings. The first-order chi connectivity index (χ1) is 12.4. The highest BCUT2D eigenvalue weighted by atomic mass is 32.2. The van der Waals surface area contributed by atoms with Crippen molar-refractivity contribution in [1.82, 2.24) is 0 Å². The monoisotopic (exact) mass is 392 g/mol. The van der Waals surface area contributed by atoms with Crippen molar-refractivity contribution in [2.45, 2.75) is 134 Å². The van der Waals surface area contributed by atoms with Crippen LogP contribution in [-0.2, 0) is 10.1 Å². The average molecular weight is 393 g/mol. The third-order valence-corrected chi connectivity index (χ3v) is 6.55. The number of aliphatic hydroxyl groups excluding tert-OH is 1. The highest BCUT2D eigenvalue weighted by molar-refractivity contribution is 7.86. The molecular formula is C21H44O4S. The Morgan fingerprint density at radius 1 is 0.615 bits per heavy atom. The van der Waals surface area contributed by atoms with Crippen molar-refractivity contribution in [3.8, 4) is 0 Å². The van der Waals surface area contributed by atoms with E-state index in [2.05, 4.69) is 6.92 Å². The average Bonchev–Trinajstić information content (AvgIpc) is 2.58. The first-order valence-corrected chi connectivity index (χ1v) is 12.6. The van der Waals surface area contributed by atoms with E-state index >= 15 is 0 Å². The molecule has 0 aromatic heterocycles. The Morgan fingerprint density at radius 2 is 1.04 bits per heavy atom. The van der Waals surface area contributed by atoms with E-state index in [-0.39, 0.29) is 6.10 Å². The Bertz CT molecular complexity index is 395. The zero-order valence-corrected chi connectivity index (χ0v) is 18.1. The Balaban J connectivity index is 3.41. The second-order valence-electron chi connectivity index (χ2n) is 7.83. The molecule has 2 atom stereocenters. The van der Waals surface area contributed by atoms with Gasteiger partial charge in [0, 0.05) is 0 Å². The zero-order valence-electron chi connectivity index (χ0n) is 17.3. The van der Waals surface area contributed by atoms with Crippen LogP contribution < -0.4 is 0 Å². The maximum atomic E-state index is 11.3. The van der Waals surface area contributed by atoms with Gasteiger partial charge in [-0.1, -0.05) is 97.3 Å². The van der Waals surface area contributed by atoms with Gasteiger partial charge in [-0.25, -0.2) is 0 Å². The molecule has 2 N–H and O–H groups in total. The van der Waals surface area contributed by atoms with Crippen LogP contribution in [0.5, 0.6) is 0 Å². The van der Waals surface area contributed by atoms with Gasteiger partial charge in [0.2, 0.25) is 0 Å². The highest BCUT2D eigenvalue weighted by Crippen LogP contribution is 2.17. The molecule has 0 amide bonds. The molecule has 0 radical (unpaired) electrons. The lowest BCUT2D eigenvalue weighted by Crippen LogP contribution is -2.20. The van der Waals surface area contributed by atoms with E-state index in [1.807, 2.05) is 6.92 Å². The Kier molecular flexibility index (Phi) is 16.9. The predicted octanol–water partition coefficient (Wildman–Crippen LogP) is 6.28. The second kappa shape index (κ2) is 17.0. The number of rotatable bonds is 19. The summed E-state index contributed by atoms with van der Waals surface area (Å²) in [6, 6.07) is 0. The van der Waals surface area contributed by atoms with Gasteiger partial charge in [-0.3, -0.25) is 4.55 Å². The highest BCUT2D eigenvalue weighted by Gasteiger charge is 2.20. The van der Waals surface area contributed by atoms with Gasteiger partial charge in [-0.15, -0.1) is 0 Å². The van der Waals surface area contributed by atoms with Crippen LogP contribution in [0, 0.1) is 0 Å². The number of aliphatic hydroxyl groups is 1. The standard InChI is InChI=1S/C21H44O4S/c1-3-5-13-17-20(22)18-14-11-9-7-6-8-10-12-15-19-21(16-4-2)26(23,24)25/h20-22H,3-19H2,1-2H3,(H,23,24,25). The summed E-state index contributed by atoms with van der Waals surface area (Å²) in [7, 11) is -3.87. The van der Waals surface area contributed by atoms with E-state index in [0.29, 0.717) is 12.8 Å². The van der Waals surface area contributed by atoms with Crippen molar-refractivity contribution in [3.05, 3.63) is 0 Å². The van der Waals surface area contributed by atoms with Gasteiger partial charge in [0.15, 0.2) is 0 Å². The summed E-state index contributed by atoms with van der Waals surface area (Å²) in [4.78, 5) is 0. The van der Waals surface area contributed by atoms with Crippen LogP contribution in [0.15, 0.2) is 0 Å². The molecule has 0 spiro atoms. The number of unbranched alkanes of at least 4 members (excludes halogenated alkanes) is 10. The summed E-state index contributed by atoms with van der Waals surface area (Å²) in [6.45, 7) is 4.14. The second-order valence-corrected chi connectivity index (χ2v) is 9.53. The van der Waals surface area contributed by atoms with Crippen molar-refractivity contribution in [3.63, 3.8) is 0 Å². The fourth-order valence-corrected chi connectivity index (χ4v) is 4.53. The van der Waals surface area contributed by atoms with Gasteiger partial charge in [0.1, 0.15) is 0 Å². The van der Waals surface area contributed by atoms with Gasteiger partial charge in [0.05, 0.1) is 11.4 Å². The van der Waals surface area contributed by atoms with Crippen LogP contribution in [-0.4, -0.2) is 29.4 Å². The number of hydrogen-bond donors (Lipinski definition) is 2. The molecule has 0 saturated heterocycles. The molecule has 0 aromatic carbocycles. The topological polar surface area (TPSA) is 74.6 Å². The summed E-state index contributed by atoms with van der Waals surface area (Å²) in [5.41, 5.74) is 0. The lowest BCUT2D eigenvalue weighted by molar-refractivity contribution is 0.147. The van der Waals surface area contributed by atoms with Gasteiger partial charge >= 0.3 is 0 Å². The van der Waals surface area contributed by atoms with Gasteiger partial charge in [0.25, 0.3) is 10.1 Å². The van der Waals surface area contributed by atoms with Crippen LogP contribution >= 0.6 is 0 Å². The van der Waals surface area contributed by atoms with E-state index < -0.39 is 15.4 Å². The van der Waals surface area contributed by atoms with Crippen LogP contribution in [0.1, 0.15) is 123 Å². The molecule has 4 nitrogen and oxygen atoms in total. The Hall–Kier alpha value is -0.130. The van der Waals surface area contributed by atoms with Crippen LogP contribution in [0.3, 0.4) is 0 Å². The maximum Gasteiger partial charge on any atom is 0.267 e. The fraction of sp³-hybridized carbons (Fsp3) is 1.00. The van der Waals surface area contributed by atoms with Gasteiger partial charge < -0.3 is 5.11 Å². The SMILES string of the molecule is CCCCCC(O)CCCCCCCCCCCC(CCC)S(=O)(=O)O. The Labute approximate surface area is 162 Å². The minimum Gasteiger partial charge on any atom is -0.393 e. The Morgan fingerprint density at radius 3 is 1.46 bits per heavy atom. The molecule has 0 aliphatic heterocycles. The molecule has 0 saturated carbocycles. The van der Waals surface area contributed by atoms with Crippen molar-refractivity contribution in [2.75, 3.05) is 0 Å². The minimum atomic E-state index is -3.87. The molecule has 0 heterocycles. The lowest BCUT2D eigenvalue weighted by atomic mass is 10.0. The third-order valence-electron chi connectivity index (χ3n) is 5.24. The molecule has 0 aliphatic rings. The van der Waals surface area contributed by atoms with Crippen LogP contribution in [0.25, 0.3) is 0 Å². The molecule has 158 valence electrons. The maximum absolute atomic E-state index is 11.3. The van der Waals surface area contributed by atoms with E-state index in [4.69, 9.17) is 0 Å². The summed E-state index contributed by atoms with van der Waals surface area (Å²) in [6.07, 6.45) is 17.8. The molecule has 2 unspecified atom stereocenters. The number of hydrogen-bond acceptors (Lipinski definition) is 3. The lowest BCUT2D eigenvalue weighted by Gasteiger charge is -2.12. The summed E-state index contributed by atoms with van der Waals surface area (Å²) < 4.78 is 31.7. The zero-order chi connectivity index (χ0) is 19.7.